The van der Waals surface area contributed by atoms with E-state index in [2.05, 4.69) is 16.5 Å². The lowest BCUT2D eigenvalue weighted by molar-refractivity contribution is -0.153. The van der Waals surface area contributed by atoms with Gasteiger partial charge in [-0.05, 0) is 39.5 Å². The van der Waals surface area contributed by atoms with Crippen LogP contribution in [0.3, 0.4) is 0 Å². The Morgan fingerprint density at radius 2 is 2.23 bits per heavy atom. The number of esters is 1. The lowest BCUT2D eigenvalue weighted by Gasteiger charge is -2.15. The quantitative estimate of drug-likeness (QED) is 0.669. The molecule has 0 saturated heterocycles. The summed E-state index contributed by atoms with van der Waals surface area (Å²) in [6.07, 6.45) is 5.60. The highest BCUT2D eigenvalue weighted by atomic mass is 16.5. The van der Waals surface area contributed by atoms with Crippen LogP contribution in [0.1, 0.15) is 37.6 Å². The van der Waals surface area contributed by atoms with Crippen molar-refractivity contribution >= 4 is 17.6 Å². The predicted octanol–water partition coefficient (Wildman–Crippen LogP) is 2.26. The summed E-state index contributed by atoms with van der Waals surface area (Å²) >= 11 is 0. The van der Waals surface area contributed by atoms with Crippen molar-refractivity contribution in [2.75, 3.05) is 5.32 Å². The zero-order valence-corrected chi connectivity index (χ0v) is 13.5. The number of anilines is 1. The molecule has 2 rings (SSSR count). The van der Waals surface area contributed by atoms with Crippen molar-refractivity contribution in [3.05, 3.63) is 23.5 Å². The van der Waals surface area contributed by atoms with Gasteiger partial charge in [-0.1, -0.05) is 12.2 Å². The molecule has 1 aliphatic carbocycles. The summed E-state index contributed by atoms with van der Waals surface area (Å²) < 4.78 is 6.92. The molecule has 1 heterocycles. The summed E-state index contributed by atoms with van der Waals surface area (Å²) in [5.74, 6) is -0.432. The molecule has 1 aromatic rings. The van der Waals surface area contributed by atoms with E-state index in [4.69, 9.17) is 4.74 Å². The topological polar surface area (TPSA) is 73.2 Å². The minimum absolute atomic E-state index is 0.241. The molecule has 1 amide bonds. The largest absolute Gasteiger partial charge is 0.453 e. The number of carbonyl (C=O) groups excluding carboxylic acids is 2. The number of hydrogen-bond acceptors (Lipinski definition) is 4. The Morgan fingerprint density at radius 3 is 2.77 bits per heavy atom. The highest BCUT2D eigenvalue weighted by molar-refractivity contribution is 5.96. The fraction of sp³-hybridized carbons (Fsp3) is 0.562. The maximum absolute atomic E-state index is 12.2. The van der Waals surface area contributed by atoms with Crippen LogP contribution in [-0.2, 0) is 21.4 Å². The van der Waals surface area contributed by atoms with Crippen LogP contribution in [0.15, 0.2) is 12.2 Å². The first-order valence-electron chi connectivity index (χ1n) is 7.55. The lowest BCUT2D eigenvalue weighted by atomic mass is 10.1. The molecular formula is C16H23N3O3. The van der Waals surface area contributed by atoms with Gasteiger partial charge in [-0.3, -0.25) is 14.3 Å². The first-order valence-corrected chi connectivity index (χ1v) is 7.55. The van der Waals surface area contributed by atoms with Crippen molar-refractivity contribution in [3.8, 4) is 0 Å². The standard InChI is InChI=1S/C16H23N3O3/c1-10-15(11(2)19(4)18-10)17-16(21)12(3)22-14(20)9-13-7-5-6-8-13/h5,7,12-13H,6,8-9H2,1-4H3,(H,17,21)/t12-,13+/m0/s1. The fourth-order valence-electron chi connectivity index (χ4n) is 2.56. The monoisotopic (exact) mass is 305 g/mol. The maximum Gasteiger partial charge on any atom is 0.307 e. The van der Waals surface area contributed by atoms with Crippen molar-refractivity contribution < 1.29 is 14.3 Å². The number of amides is 1. The molecule has 0 aliphatic heterocycles. The van der Waals surface area contributed by atoms with Gasteiger partial charge in [0.05, 0.1) is 23.5 Å². The molecule has 120 valence electrons. The number of aromatic nitrogens is 2. The molecular weight excluding hydrogens is 282 g/mol. The van der Waals surface area contributed by atoms with E-state index in [0.717, 1.165) is 24.2 Å². The normalized spacial score (nSPS) is 18.3. The van der Waals surface area contributed by atoms with Gasteiger partial charge in [0.15, 0.2) is 6.10 Å². The third kappa shape index (κ3) is 3.75. The molecule has 0 unspecified atom stereocenters. The van der Waals surface area contributed by atoms with Crippen molar-refractivity contribution in [2.45, 2.75) is 46.1 Å². The van der Waals surface area contributed by atoms with Crippen LogP contribution in [0.5, 0.6) is 0 Å². The van der Waals surface area contributed by atoms with E-state index < -0.39 is 6.10 Å². The van der Waals surface area contributed by atoms with Crippen LogP contribution in [0.2, 0.25) is 0 Å². The van der Waals surface area contributed by atoms with Crippen molar-refractivity contribution in [1.82, 2.24) is 9.78 Å². The van der Waals surface area contributed by atoms with Gasteiger partial charge in [-0.2, -0.15) is 5.10 Å². The molecule has 0 spiro atoms. The van der Waals surface area contributed by atoms with Gasteiger partial charge in [-0.25, -0.2) is 0 Å². The van der Waals surface area contributed by atoms with Gasteiger partial charge < -0.3 is 10.1 Å². The molecule has 0 saturated carbocycles. The molecule has 0 aromatic carbocycles. The molecule has 22 heavy (non-hydrogen) atoms. The summed E-state index contributed by atoms with van der Waals surface area (Å²) in [6, 6.07) is 0. The van der Waals surface area contributed by atoms with Gasteiger partial charge in [0.2, 0.25) is 0 Å². The third-order valence-electron chi connectivity index (χ3n) is 3.98. The average Bonchev–Trinajstić information content (AvgIpc) is 3.02. The van der Waals surface area contributed by atoms with Crippen LogP contribution in [0.25, 0.3) is 0 Å². The van der Waals surface area contributed by atoms with Crippen LogP contribution in [0, 0.1) is 19.8 Å². The second kappa shape index (κ2) is 6.77. The van der Waals surface area contributed by atoms with Gasteiger partial charge >= 0.3 is 5.97 Å². The van der Waals surface area contributed by atoms with E-state index in [9.17, 15) is 9.59 Å². The molecule has 1 N–H and O–H groups in total. The number of hydrogen-bond donors (Lipinski definition) is 1. The number of allylic oxidation sites excluding steroid dienone is 2. The highest BCUT2D eigenvalue weighted by Crippen LogP contribution is 2.21. The Bertz CT molecular complexity index is 604. The smallest absolute Gasteiger partial charge is 0.307 e. The zero-order valence-electron chi connectivity index (χ0n) is 13.5. The fourth-order valence-corrected chi connectivity index (χ4v) is 2.56. The molecule has 0 fully saturated rings. The number of rotatable bonds is 5. The second-order valence-electron chi connectivity index (χ2n) is 5.76. The Labute approximate surface area is 130 Å². The van der Waals surface area contributed by atoms with Crippen molar-refractivity contribution in [2.24, 2.45) is 13.0 Å². The van der Waals surface area contributed by atoms with Gasteiger partial charge in [-0.15, -0.1) is 0 Å². The van der Waals surface area contributed by atoms with Crippen LogP contribution in [-0.4, -0.2) is 27.8 Å². The Morgan fingerprint density at radius 1 is 1.50 bits per heavy atom. The molecule has 1 aliphatic rings. The second-order valence-corrected chi connectivity index (χ2v) is 5.76. The molecule has 1 aromatic heterocycles. The number of carbonyl (C=O) groups is 2. The van der Waals surface area contributed by atoms with E-state index in [1.165, 1.54) is 0 Å². The summed E-state index contributed by atoms with van der Waals surface area (Å²) in [6.45, 7) is 5.28. The Kier molecular flexibility index (Phi) is 5.00. The zero-order chi connectivity index (χ0) is 16.3. The molecule has 6 heteroatoms. The van der Waals surface area contributed by atoms with E-state index in [-0.39, 0.29) is 17.8 Å². The van der Waals surface area contributed by atoms with Gasteiger partial charge in [0.25, 0.3) is 5.91 Å². The molecule has 2 atom stereocenters. The van der Waals surface area contributed by atoms with Crippen molar-refractivity contribution in [1.29, 1.82) is 0 Å². The van der Waals surface area contributed by atoms with Crippen LogP contribution >= 0.6 is 0 Å². The number of aryl methyl sites for hydroxylation is 2. The highest BCUT2D eigenvalue weighted by Gasteiger charge is 2.22. The maximum atomic E-state index is 12.2. The number of nitrogens with one attached hydrogen (secondary N) is 1. The van der Waals surface area contributed by atoms with E-state index in [1.807, 2.05) is 27.0 Å². The summed E-state index contributed by atoms with van der Waals surface area (Å²) in [7, 11) is 1.82. The average molecular weight is 305 g/mol. The number of nitrogens with zero attached hydrogens (tertiary/aromatic N) is 2. The molecule has 0 bridgehead atoms. The summed E-state index contributed by atoms with van der Waals surface area (Å²) in [5.41, 5.74) is 2.28. The van der Waals surface area contributed by atoms with Gasteiger partial charge in [0, 0.05) is 7.05 Å². The van der Waals surface area contributed by atoms with Gasteiger partial charge in [0.1, 0.15) is 0 Å². The van der Waals surface area contributed by atoms with Crippen molar-refractivity contribution in [3.63, 3.8) is 0 Å². The predicted molar refractivity (Wildman–Crippen MR) is 83.3 cm³/mol. The van der Waals surface area contributed by atoms with E-state index in [0.29, 0.717) is 12.1 Å². The Hall–Kier alpha value is -2.11. The van der Waals surface area contributed by atoms with Crippen LogP contribution < -0.4 is 5.32 Å². The summed E-state index contributed by atoms with van der Waals surface area (Å²) in [4.78, 5) is 24.0. The lowest BCUT2D eigenvalue weighted by Crippen LogP contribution is -2.30. The minimum atomic E-state index is -0.822. The van der Waals surface area contributed by atoms with E-state index in [1.54, 1.807) is 11.6 Å². The summed E-state index contributed by atoms with van der Waals surface area (Å²) in [5, 5.41) is 7.02. The van der Waals surface area contributed by atoms with Crippen LogP contribution in [0.4, 0.5) is 5.69 Å². The minimum Gasteiger partial charge on any atom is -0.453 e. The number of ether oxygens (including phenoxy) is 1. The molecule has 0 radical (unpaired) electrons. The first-order chi connectivity index (χ1) is 10.4. The first kappa shape index (κ1) is 16.3. The van der Waals surface area contributed by atoms with E-state index >= 15 is 0 Å². The third-order valence-corrected chi connectivity index (χ3v) is 3.98. The SMILES string of the molecule is Cc1nn(C)c(C)c1NC(=O)[C@H](C)OC(=O)C[C@@H]1C=CCC1. The Balaban J connectivity index is 1.88. The molecule has 6 nitrogen and oxygen atoms in total.